The summed E-state index contributed by atoms with van der Waals surface area (Å²) in [7, 11) is 1.93. The van der Waals surface area contributed by atoms with Crippen LogP contribution in [-0.4, -0.2) is 48.0 Å². The third-order valence-corrected chi connectivity index (χ3v) is 5.31. The molecular weight excluding hydrogens is 244 g/mol. The third kappa shape index (κ3) is 4.81. The molecule has 1 rings (SSSR count). The first kappa shape index (κ1) is 15.8. The van der Waals surface area contributed by atoms with Crippen LogP contribution in [0.2, 0.25) is 0 Å². The molecule has 106 valence electrons. The Hall–Kier alpha value is -0.220. The van der Waals surface area contributed by atoms with Crippen LogP contribution in [0.15, 0.2) is 0 Å². The van der Waals surface area contributed by atoms with Gasteiger partial charge in [0.1, 0.15) is 0 Å². The molecule has 3 nitrogen and oxygen atoms in total. The molecule has 0 aliphatic carbocycles. The predicted octanol–water partition coefficient (Wildman–Crippen LogP) is 2.36. The van der Waals surface area contributed by atoms with E-state index in [9.17, 15) is 4.79 Å². The zero-order valence-electron chi connectivity index (χ0n) is 12.5. The van der Waals surface area contributed by atoms with Crippen LogP contribution in [0.1, 0.15) is 40.5 Å². The lowest BCUT2D eigenvalue weighted by atomic mass is 9.87. The van der Waals surface area contributed by atoms with Crippen LogP contribution < -0.4 is 5.32 Å². The number of rotatable bonds is 4. The average Bonchev–Trinajstić information content (AvgIpc) is 2.34. The summed E-state index contributed by atoms with van der Waals surface area (Å²) in [5.41, 5.74) is 0.143. The van der Waals surface area contributed by atoms with Crippen LogP contribution in [0, 0.1) is 5.41 Å². The molecule has 0 aromatic rings. The number of amides is 1. The zero-order chi connectivity index (χ0) is 13.8. The molecule has 0 radical (unpaired) electrons. The molecule has 1 unspecified atom stereocenters. The van der Waals surface area contributed by atoms with E-state index in [0.29, 0.717) is 11.0 Å². The van der Waals surface area contributed by atoms with Gasteiger partial charge in [-0.05, 0) is 38.3 Å². The summed E-state index contributed by atoms with van der Waals surface area (Å²) < 4.78 is 0. The number of carbonyl (C=O) groups excluding carboxylic acids is 1. The maximum absolute atomic E-state index is 12.2. The maximum Gasteiger partial charge on any atom is 0.232 e. The van der Waals surface area contributed by atoms with Gasteiger partial charge in [0.15, 0.2) is 0 Å². The van der Waals surface area contributed by atoms with E-state index >= 15 is 0 Å². The van der Waals surface area contributed by atoms with Crippen LogP contribution in [0.25, 0.3) is 0 Å². The fourth-order valence-electron chi connectivity index (χ4n) is 2.05. The fraction of sp³-hybridized carbons (Fsp3) is 0.929. The van der Waals surface area contributed by atoms with Crippen molar-refractivity contribution in [2.45, 2.75) is 51.8 Å². The summed E-state index contributed by atoms with van der Waals surface area (Å²) in [6.07, 6.45) is 2.38. The van der Waals surface area contributed by atoms with Gasteiger partial charge in [-0.1, -0.05) is 20.8 Å². The first-order valence-corrected chi connectivity index (χ1v) is 7.95. The van der Waals surface area contributed by atoms with Crippen LogP contribution in [0.5, 0.6) is 0 Å². The second kappa shape index (κ2) is 6.80. The lowest BCUT2D eigenvalue weighted by Gasteiger charge is -2.35. The molecule has 1 fully saturated rings. The Morgan fingerprint density at radius 3 is 2.44 bits per heavy atom. The van der Waals surface area contributed by atoms with Gasteiger partial charge in [0.2, 0.25) is 5.91 Å². The Balaban J connectivity index is 2.35. The minimum absolute atomic E-state index is 0.143. The van der Waals surface area contributed by atoms with Gasteiger partial charge in [-0.15, -0.1) is 11.8 Å². The summed E-state index contributed by atoms with van der Waals surface area (Å²) in [5.74, 6) is 0.891. The summed E-state index contributed by atoms with van der Waals surface area (Å²) in [6, 6.07) is 0.277. The lowest BCUT2D eigenvalue weighted by Crippen LogP contribution is -2.44. The molecule has 0 aromatic carbocycles. The van der Waals surface area contributed by atoms with Crippen LogP contribution in [0.3, 0.4) is 0 Å². The van der Waals surface area contributed by atoms with Crippen LogP contribution >= 0.6 is 11.8 Å². The maximum atomic E-state index is 12.2. The van der Waals surface area contributed by atoms with Crippen LogP contribution in [-0.2, 0) is 4.79 Å². The highest BCUT2D eigenvalue weighted by atomic mass is 32.2. The normalized spacial score (nSPS) is 19.6. The van der Waals surface area contributed by atoms with Gasteiger partial charge >= 0.3 is 0 Å². The molecule has 0 spiro atoms. The number of hydrogen-bond acceptors (Lipinski definition) is 3. The van der Waals surface area contributed by atoms with Crippen molar-refractivity contribution in [2.75, 3.05) is 25.9 Å². The standard InChI is InChI=1S/C14H28N2OS/c1-11(14(2,3)4)16(5)13(17)10-18-12-6-8-15-9-7-12/h11-12,15H,6-10H2,1-5H3. The van der Waals surface area contributed by atoms with Gasteiger partial charge in [-0.2, -0.15) is 0 Å². The Kier molecular flexibility index (Phi) is 5.99. The number of hydrogen-bond donors (Lipinski definition) is 1. The predicted molar refractivity (Wildman–Crippen MR) is 80.0 cm³/mol. The molecule has 18 heavy (non-hydrogen) atoms. The van der Waals surface area contributed by atoms with E-state index in [2.05, 4.69) is 33.0 Å². The highest BCUT2D eigenvalue weighted by Gasteiger charge is 2.27. The highest BCUT2D eigenvalue weighted by molar-refractivity contribution is 8.00. The molecule has 1 aliphatic heterocycles. The summed E-state index contributed by atoms with van der Waals surface area (Å²) in [5, 5.41) is 4.02. The van der Waals surface area contributed by atoms with Crippen LogP contribution in [0.4, 0.5) is 0 Å². The van der Waals surface area contributed by atoms with E-state index in [1.807, 2.05) is 23.7 Å². The van der Waals surface area contributed by atoms with Gasteiger partial charge in [-0.25, -0.2) is 0 Å². The Labute approximate surface area is 116 Å². The minimum atomic E-state index is 0.143. The second-order valence-corrected chi connectivity index (χ2v) is 7.60. The molecule has 1 atom stereocenters. The molecule has 4 heteroatoms. The topological polar surface area (TPSA) is 32.3 Å². The van der Waals surface area contributed by atoms with Crippen molar-refractivity contribution < 1.29 is 4.79 Å². The van der Waals surface area contributed by atoms with E-state index in [4.69, 9.17) is 0 Å². The Bertz CT molecular complexity index is 269. The molecule has 0 saturated carbocycles. The van der Waals surface area contributed by atoms with Gasteiger partial charge in [0, 0.05) is 18.3 Å². The molecule has 1 aliphatic rings. The molecule has 1 heterocycles. The molecule has 1 saturated heterocycles. The molecular formula is C14H28N2OS. The summed E-state index contributed by atoms with van der Waals surface area (Å²) in [6.45, 7) is 10.9. The van der Waals surface area contributed by atoms with Crippen molar-refractivity contribution in [1.82, 2.24) is 10.2 Å². The van der Waals surface area contributed by atoms with Gasteiger partial charge < -0.3 is 10.2 Å². The third-order valence-electron chi connectivity index (χ3n) is 3.96. The van der Waals surface area contributed by atoms with Crippen molar-refractivity contribution in [3.8, 4) is 0 Å². The molecule has 1 amide bonds. The van der Waals surface area contributed by atoms with Gasteiger partial charge in [0.25, 0.3) is 0 Å². The summed E-state index contributed by atoms with van der Waals surface area (Å²) >= 11 is 1.83. The van der Waals surface area contributed by atoms with E-state index in [1.165, 1.54) is 12.8 Å². The monoisotopic (exact) mass is 272 g/mol. The smallest absolute Gasteiger partial charge is 0.232 e. The number of carbonyl (C=O) groups is 1. The van der Waals surface area contributed by atoms with Gasteiger partial charge in [-0.3, -0.25) is 4.79 Å². The van der Waals surface area contributed by atoms with E-state index in [1.54, 1.807) is 0 Å². The van der Waals surface area contributed by atoms with Crippen molar-refractivity contribution in [3.05, 3.63) is 0 Å². The van der Waals surface area contributed by atoms with E-state index in [-0.39, 0.29) is 17.4 Å². The Morgan fingerprint density at radius 1 is 1.39 bits per heavy atom. The summed E-state index contributed by atoms with van der Waals surface area (Å²) in [4.78, 5) is 14.1. The first-order valence-electron chi connectivity index (χ1n) is 6.90. The Morgan fingerprint density at radius 2 is 1.94 bits per heavy atom. The average molecular weight is 272 g/mol. The fourth-order valence-corrected chi connectivity index (χ4v) is 3.20. The lowest BCUT2D eigenvalue weighted by molar-refractivity contribution is -0.130. The SMILES string of the molecule is CC(N(C)C(=O)CSC1CCNCC1)C(C)(C)C. The number of piperidine rings is 1. The zero-order valence-corrected chi connectivity index (χ0v) is 13.3. The van der Waals surface area contributed by atoms with Crippen molar-refractivity contribution in [1.29, 1.82) is 0 Å². The van der Waals surface area contributed by atoms with E-state index in [0.717, 1.165) is 13.1 Å². The molecule has 0 bridgehead atoms. The van der Waals surface area contributed by atoms with E-state index < -0.39 is 0 Å². The second-order valence-electron chi connectivity index (χ2n) is 6.31. The largest absolute Gasteiger partial charge is 0.342 e. The first-order chi connectivity index (χ1) is 8.32. The van der Waals surface area contributed by atoms with Crippen molar-refractivity contribution >= 4 is 17.7 Å². The number of nitrogens with zero attached hydrogens (tertiary/aromatic N) is 1. The molecule has 1 N–H and O–H groups in total. The van der Waals surface area contributed by atoms with Crippen molar-refractivity contribution in [3.63, 3.8) is 0 Å². The quantitative estimate of drug-likeness (QED) is 0.853. The number of nitrogens with one attached hydrogen (secondary N) is 1. The number of thioether (sulfide) groups is 1. The van der Waals surface area contributed by atoms with Gasteiger partial charge in [0.05, 0.1) is 5.75 Å². The highest BCUT2D eigenvalue weighted by Crippen LogP contribution is 2.25. The minimum Gasteiger partial charge on any atom is -0.342 e. The van der Waals surface area contributed by atoms with Crippen molar-refractivity contribution in [2.24, 2.45) is 5.41 Å². The molecule has 0 aromatic heterocycles.